The molecule has 0 saturated heterocycles. The molecule has 53 heavy (non-hydrogen) atoms. The lowest BCUT2D eigenvalue weighted by molar-refractivity contribution is -0.0504. The molecule has 0 bridgehead atoms. The van der Waals surface area contributed by atoms with Gasteiger partial charge in [-0.05, 0) is 24.3 Å². The number of nitrogens with zero attached hydrogens (tertiary/aromatic N) is 4. The van der Waals surface area contributed by atoms with Crippen molar-refractivity contribution in [3.63, 3.8) is 0 Å². The molecule has 21 heteroatoms. The Labute approximate surface area is 329 Å². The summed E-state index contributed by atoms with van der Waals surface area (Å²) in [7, 11) is -2.77. The Kier molecular flexibility index (Phi) is 11.9. The van der Waals surface area contributed by atoms with Crippen LogP contribution < -0.4 is 28.4 Å². The van der Waals surface area contributed by atoms with Gasteiger partial charge in [0.25, 0.3) is 0 Å². The van der Waals surface area contributed by atoms with Crippen LogP contribution in [0.1, 0.15) is 19.6 Å². The van der Waals surface area contributed by atoms with Crippen LogP contribution in [-0.2, 0) is 33.9 Å². The van der Waals surface area contributed by atoms with Crippen LogP contribution in [0, 0.1) is 0 Å². The van der Waals surface area contributed by atoms with E-state index in [1.165, 1.54) is 75.1 Å². The van der Waals surface area contributed by atoms with Gasteiger partial charge in [-0.1, -0.05) is 0 Å². The maximum absolute atomic E-state index is 12.7. The van der Waals surface area contributed by atoms with E-state index in [1.807, 2.05) is 0 Å². The maximum atomic E-state index is 12.7. The number of ether oxygens (including phenoxy) is 6. The number of methoxy groups -OCH3 is 4. The fourth-order valence-corrected chi connectivity index (χ4v) is 6.65. The molecule has 0 radical (unpaired) electrons. The van der Waals surface area contributed by atoms with Gasteiger partial charge >= 0.3 is 46.6 Å². The van der Waals surface area contributed by atoms with Gasteiger partial charge in [0.05, 0.1) is 58.6 Å². The molecule has 4 aromatic heterocycles. The summed E-state index contributed by atoms with van der Waals surface area (Å²) in [5.41, 5.74) is 1.96. The average Bonchev–Trinajstić information content (AvgIpc) is 3.75. The number of benzene rings is 2. The first kappa shape index (κ1) is 33.2. The van der Waals surface area contributed by atoms with Crippen molar-refractivity contribution in [2.75, 3.05) is 28.3 Å². The third-order valence-corrected chi connectivity index (χ3v) is 9.12. The molecule has 14 nitrogen and oxygen atoms in total. The fraction of sp³-hybridized carbons (Fsp3) is 0.250. The Morgan fingerprint density at radius 3 is 1.45 bits per heavy atom. The van der Waals surface area contributed by atoms with Crippen LogP contribution in [0.25, 0.3) is 22.1 Å². The van der Waals surface area contributed by atoms with Gasteiger partial charge in [-0.3, -0.25) is 19.9 Å². The molecular weight excluding hydrogens is 761 g/mol. The van der Waals surface area contributed by atoms with Crippen molar-refractivity contribution < 1.29 is 63.3 Å². The molecule has 0 unspecified atom stereocenters. The number of hydrogen-bond acceptors (Lipinski definition) is 12. The Bertz CT molecular complexity index is 2170. The van der Waals surface area contributed by atoms with Crippen LogP contribution in [0.3, 0.4) is 0 Å². The van der Waals surface area contributed by atoms with Gasteiger partial charge in [-0.25, -0.2) is 0 Å². The molecule has 0 aliphatic carbocycles. The second kappa shape index (κ2) is 19.1. The standard InChI is InChI=1S/2C16H15F2N3O4S.Mg.2H/c2*1-23-13-5-6-19-12(14(13)24-2)8-26(22)16-20-10-4-3-9(25-15(17)18)7-11(10)21-16;;;/h2*3-7,15H,8H2,1-2H3,(H,20,21);;;/t2*26-;;;/m00.../s1/i2*1D3;;;. The number of H-pyrrole nitrogens is 2. The highest BCUT2D eigenvalue weighted by Crippen LogP contribution is 2.33. The molecule has 0 saturated carbocycles. The van der Waals surface area contributed by atoms with Gasteiger partial charge in [0, 0.05) is 59.0 Å². The first-order chi connectivity index (χ1) is 27.3. The SMILES string of the molecule is [2H]C([2H])([2H])Oc1ccnc(C[S@+]([O-])c2nc3cc(OC(F)F)ccc3[nH]2)c1OC.[2H]C([2H])([2H])Oc1ccnc(C[S@+]([O-])c2nc3cc(OC(F)F)ccc3[nH]2)c1OC.[MgH2]. The molecule has 280 valence electrons. The molecule has 0 aliphatic heterocycles. The van der Waals surface area contributed by atoms with Crippen LogP contribution in [0.5, 0.6) is 34.5 Å². The molecule has 2 atom stereocenters. The summed E-state index contributed by atoms with van der Waals surface area (Å²) in [6.45, 7) is -5.94. The van der Waals surface area contributed by atoms with Gasteiger partial charge in [0.1, 0.15) is 22.9 Å². The maximum Gasteiger partial charge on any atom is 0.387 e. The molecule has 0 aliphatic rings. The second-order valence-electron chi connectivity index (χ2n) is 9.96. The van der Waals surface area contributed by atoms with Crippen molar-refractivity contribution in [3.8, 4) is 34.5 Å². The molecule has 4 heterocycles. The third-order valence-electron chi connectivity index (χ3n) is 6.80. The predicted molar refractivity (Wildman–Crippen MR) is 189 cm³/mol. The lowest BCUT2D eigenvalue weighted by Crippen LogP contribution is -2.10. The van der Waals surface area contributed by atoms with E-state index < -0.39 is 49.7 Å². The number of rotatable bonds is 14. The van der Waals surface area contributed by atoms with E-state index in [0.29, 0.717) is 22.1 Å². The zero-order valence-corrected chi connectivity index (χ0v) is 28.4. The summed E-state index contributed by atoms with van der Waals surface area (Å²) in [6, 6.07) is 10.9. The van der Waals surface area contributed by atoms with Crippen LogP contribution in [0.2, 0.25) is 0 Å². The number of imidazole rings is 2. The Morgan fingerprint density at radius 1 is 0.679 bits per heavy atom. The number of alkyl halides is 4. The summed E-state index contributed by atoms with van der Waals surface area (Å²) in [4.78, 5) is 22.1. The topological polar surface area (TPSA) is 185 Å². The minimum absolute atomic E-state index is 0. The van der Waals surface area contributed by atoms with E-state index in [-0.39, 0.29) is 90.8 Å². The van der Waals surface area contributed by atoms with Crippen LogP contribution in [-0.4, -0.2) is 104 Å². The largest absolute Gasteiger partial charge is 0.609 e. The van der Waals surface area contributed by atoms with Gasteiger partial charge < -0.3 is 37.5 Å². The van der Waals surface area contributed by atoms with Crippen molar-refractivity contribution >= 4 is 67.5 Å². The van der Waals surface area contributed by atoms with Crippen LogP contribution >= 0.6 is 0 Å². The van der Waals surface area contributed by atoms with Gasteiger partial charge in [0.15, 0.2) is 34.5 Å². The van der Waals surface area contributed by atoms with Gasteiger partial charge in [-0.15, -0.1) is 0 Å². The fourth-order valence-electron chi connectivity index (χ4n) is 4.62. The molecular formula is C32H32F4MgN6O8S2. The lowest BCUT2D eigenvalue weighted by Gasteiger charge is -2.12. The molecule has 0 fully saturated rings. The van der Waals surface area contributed by atoms with Crippen molar-refractivity contribution in [2.45, 2.75) is 35.0 Å². The minimum atomic E-state index is -2.97. The lowest BCUT2D eigenvalue weighted by atomic mass is 10.3. The zero-order valence-electron chi connectivity index (χ0n) is 32.7. The van der Waals surface area contributed by atoms with Crippen molar-refractivity contribution in [3.05, 3.63) is 72.3 Å². The summed E-state index contributed by atoms with van der Waals surface area (Å²) < 4.78 is 147. The van der Waals surface area contributed by atoms with E-state index in [9.17, 15) is 26.7 Å². The normalized spacial score (nSPS) is 14.3. The highest BCUT2D eigenvalue weighted by molar-refractivity contribution is 7.90. The average molecular weight is 799 g/mol. The van der Waals surface area contributed by atoms with E-state index in [1.54, 1.807) is 0 Å². The molecule has 2 N–H and O–H groups in total. The van der Waals surface area contributed by atoms with Crippen LogP contribution in [0.4, 0.5) is 17.6 Å². The Morgan fingerprint density at radius 2 is 1.09 bits per heavy atom. The van der Waals surface area contributed by atoms with E-state index in [0.717, 1.165) is 0 Å². The number of hydrogen-bond donors (Lipinski definition) is 2. The highest BCUT2D eigenvalue weighted by Gasteiger charge is 2.24. The molecule has 6 rings (SSSR count). The van der Waals surface area contributed by atoms with Crippen LogP contribution in [0.15, 0.2) is 71.2 Å². The van der Waals surface area contributed by atoms with Crippen molar-refractivity contribution in [1.82, 2.24) is 29.9 Å². The zero-order chi connectivity index (χ0) is 42.4. The summed E-state index contributed by atoms with van der Waals surface area (Å²) in [5, 5.41) is 0.167. The Balaban J connectivity index is 0.000000256. The monoisotopic (exact) mass is 798 g/mol. The highest BCUT2D eigenvalue weighted by atomic mass is 32.2. The van der Waals surface area contributed by atoms with Gasteiger partial charge in [0.2, 0.25) is 0 Å². The number of fused-ring (bicyclic) bond motifs is 2. The first-order valence-electron chi connectivity index (χ1n) is 17.4. The number of pyridine rings is 2. The summed E-state index contributed by atoms with van der Waals surface area (Å²) in [6.07, 6.45) is 2.62. The van der Waals surface area contributed by atoms with Crippen molar-refractivity contribution in [2.24, 2.45) is 0 Å². The Hall–Kier alpha value is -4.41. The second-order valence-corrected chi connectivity index (χ2v) is 12.7. The van der Waals surface area contributed by atoms with Gasteiger partial charge in [-0.2, -0.15) is 27.5 Å². The molecule has 6 aromatic rings. The minimum Gasteiger partial charge on any atom is -0.609 e. The van der Waals surface area contributed by atoms with E-state index in [4.69, 9.17) is 27.2 Å². The number of nitrogens with one attached hydrogen (secondary N) is 2. The smallest absolute Gasteiger partial charge is 0.387 e. The van der Waals surface area contributed by atoms with E-state index in [2.05, 4.69) is 39.4 Å². The third kappa shape index (κ3) is 10.4. The summed E-state index contributed by atoms with van der Waals surface area (Å²) in [5.74, 6) is -0.492. The quantitative estimate of drug-likeness (QED) is 0.0869. The number of aromatic nitrogens is 6. The molecule has 0 amide bonds. The number of halogens is 4. The summed E-state index contributed by atoms with van der Waals surface area (Å²) >= 11 is -3.44. The van der Waals surface area contributed by atoms with Crippen molar-refractivity contribution in [1.29, 1.82) is 0 Å². The molecule has 2 aromatic carbocycles. The predicted octanol–water partition coefficient (Wildman–Crippen LogP) is 4.85. The number of aromatic amines is 2. The van der Waals surface area contributed by atoms with E-state index >= 15 is 0 Å². The first-order valence-corrected chi connectivity index (χ1v) is 17.0. The molecule has 0 spiro atoms.